The van der Waals surface area contributed by atoms with Crippen molar-refractivity contribution < 1.29 is 14.3 Å². The van der Waals surface area contributed by atoms with Crippen molar-refractivity contribution in [3.8, 4) is 0 Å². The van der Waals surface area contributed by atoms with Crippen LogP contribution in [0.4, 0.5) is 0 Å². The van der Waals surface area contributed by atoms with Crippen LogP contribution in [0.2, 0.25) is 0 Å². The summed E-state index contributed by atoms with van der Waals surface area (Å²) in [5, 5.41) is 0. The van der Waals surface area contributed by atoms with Crippen molar-refractivity contribution in [3.05, 3.63) is 41.7 Å². The van der Waals surface area contributed by atoms with Crippen molar-refractivity contribution >= 4 is 5.70 Å². The van der Waals surface area contributed by atoms with Gasteiger partial charge in [0.25, 0.3) is 0 Å². The second kappa shape index (κ2) is 6.87. The van der Waals surface area contributed by atoms with Crippen LogP contribution in [-0.2, 0) is 20.9 Å². The molecule has 0 radical (unpaired) electrons. The van der Waals surface area contributed by atoms with E-state index in [9.17, 15) is 0 Å². The van der Waals surface area contributed by atoms with Crippen molar-refractivity contribution in [1.82, 2.24) is 5.48 Å². The highest BCUT2D eigenvalue weighted by Gasteiger charge is 2.01. The maximum Gasteiger partial charge on any atom is 0.108 e. The summed E-state index contributed by atoms with van der Waals surface area (Å²) in [5.41, 5.74) is 5.64. The predicted octanol–water partition coefficient (Wildman–Crippen LogP) is 1.93. The van der Waals surface area contributed by atoms with Gasteiger partial charge in [-0.25, -0.2) is 0 Å². The van der Waals surface area contributed by atoms with Gasteiger partial charge >= 0.3 is 0 Å². The van der Waals surface area contributed by atoms with Crippen LogP contribution in [0.25, 0.3) is 5.70 Å². The zero-order valence-corrected chi connectivity index (χ0v) is 9.82. The summed E-state index contributed by atoms with van der Waals surface area (Å²) in [6.45, 7) is 0.612. The van der Waals surface area contributed by atoms with Gasteiger partial charge in [-0.05, 0) is 5.56 Å². The first-order chi connectivity index (χ1) is 7.81. The number of rotatable bonds is 6. The fourth-order valence-electron chi connectivity index (χ4n) is 1.33. The Kier molecular flexibility index (Phi) is 5.39. The first kappa shape index (κ1) is 12.5. The lowest BCUT2D eigenvalue weighted by molar-refractivity contribution is 0.134. The number of hydrogen-bond donors (Lipinski definition) is 1. The third-order valence-corrected chi connectivity index (χ3v) is 2.02. The normalized spacial score (nSPS) is 11.3. The van der Waals surface area contributed by atoms with Gasteiger partial charge in [0.05, 0.1) is 20.8 Å². The zero-order valence-electron chi connectivity index (χ0n) is 9.82. The Morgan fingerprint density at radius 2 is 1.88 bits per heavy atom. The lowest BCUT2D eigenvalue weighted by atomic mass is 10.1. The molecule has 1 rings (SSSR count). The first-order valence-corrected chi connectivity index (χ1v) is 4.92. The molecule has 0 saturated heterocycles. The Hall–Kier alpha value is -1.52. The van der Waals surface area contributed by atoms with E-state index in [-0.39, 0.29) is 0 Å². The Balaban J connectivity index is 2.81. The highest BCUT2D eigenvalue weighted by Crippen LogP contribution is 2.13. The maximum absolute atomic E-state index is 5.04. The largest absolute Gasteiger partial charge is 0.502 e. The van der Waals surface area contributed by atoms with Gasteiger partial charge in [0.1, 0.15) is 12.0 Å². The molecule has 1 aromatic carbocycles. The summed E-state index contributed by atoms with van der Waals surface area (Å²) < 4.78 is 10.0. The van der Waals surface area contributed by atoms with Crippen LogP contribution in [-0.4, -0.2) is 21.3 Å². The Morgan fingerprint density at radius 1 is 1.19 bits per heavy atom. The fourth-order valence-corrected chi connectivity index (χ4v) is 1.33. The molecule has 0 bridgehead atoms. The van der Waals surface area contributed by atoms with Crippen molar-refractivity contribution in [2.75, 3.05) is 21.3 Å². The van der Waals surface area contributed by atoms with Crippen molar-refractivity contribution in [2.24, 2.45) is 0 Å². The highest BCUT2D eigenvalue weighted by molar-refractivity contribution is 5.62. The molecule has 0 aliphatic rings. The topological polar surface area (TPSA) is 39.7 Å². The van der Waals surface area contributed by atoms with E-state index in [0.29, 0.717) is 6.61 Å². The molecule has 1 aromatic rings. The van der Waals surface area contributed by atoms with E-state index >= 15 is 0 Å². The SMILES string of the molecule is COC=C(NOC)c1ccc(COC)cc1. The van der Waals surface area contributed by atoms with E-state index in [2.05, 4.69) is 5.48 Å². The molecule has 0 fully saturated rings. The number of nitrogens with one attached hydrogen (secondary N) is 1. The van der Waals surface area contributed by atoms with Crippen LogP contribution in [0.3, 0.4) is 0 Å². The average Bonchev–Trinajstić information content (AvgIpc) is 2.30. The molecule has 0 amide bonds. The first-order valence-electron chi connectivity index (χ1n) is 4.92. The number of methoxy groups -OCH3 is 2. The molecule has 4 heteroatoms. The van der Waals surface area contributed by atoms with E-state index in [1.165, 1.54) is 0 Å². The summed E-state index contributed by atoms with van der Waals surface area (Å²) in [5.74, 6) is 0. The lowest BCUT2D eigenvalue weighted by Gasteiger charge is -2.09. The molecule has 0 aliphatic carbocycles. The second-order valence-corrected chi connectivity index (χ2v) is 3.20. The molecule has 0 saturated carbocycles. The molecular weight excluding hydrogens is 206 g/mol. The maximum atomic E-state index is 5.04. The summed E-state index contributed by atoms with van der Waals surface area (Å²) in [6.07, 6.45) is 1.59. The molecule has 0 aliphatic heterocycles. The fraction of sp³-hybridized carbons (Fsp3) is 0.333. The molecular formula is C12H17NO3. The van der Waals surface area contributed by atoms with E-state index in [0.717, 1.165) is 16.8 Å². The zero-order chi connectivity index (χ0) is 11.8. The van der Waals surface area contributed by atoms with Gasteiger partial charge in [0.2, 0.25) is 0 Å². The Bertz CT molecular complexity index is 333. The van der Waals surface area contributed by atoms with E-state index in [1.54, 1.807) is 27.6 Å². The molecule has 0 unspecified atom stereocenters. The van der Waals surface area contributed by atoms with Crippen LogP contribution in [0, 0.1) is 0 Å². The van der Waals surface area contributed by atoms with Gasteiger partial charge in [0.15, 0.2) is 0 Å². The van der Waals surface area contributed by atoms with Crippen molar-refractivity contribution in [3.63, 3.8) is 0 Å². The van der Waals surface area contributed by atoms with Crippen LogP contribution in [0.1, 0.15) is 11.1 Å². The molecule has 0 aromatic heterocycles. The van der Waals surface area contributed by atoms with E-state index < -0.39 is 0 Å². The number of hydrogen-bond acceptors (Lipinski definition) is 4. The molecule has 88 valence electrons. The molecule has 0 spiro atoms. The Morgan fingerprint density at radius 3 is 2.38 bits per heavy atom. The minimum absolute atomic E-state index is 0.612. The van der Waals surface area contributed by atoms with Crippen molar-refractivity contribution in [1.29, 1.82) is 0 Å². The standard InChI is InChI=1S/C12H17NO3/c1-14-8-10-4-6-11(7-5-10)12(9-15-2)13-16-3/h4-7,9,13H,8H2,1-3H3. The quantitative estimate of drug-likeness (QED) is 0.591. The number of ether oxygens (including phenoxy) is 2. The highest BCUT2D eigenvalue weighted by atomic mass is 16.6. The molecule has 0 atom stereocenters. The number of hydroxylamine groups is 1. The van der Waals surface area contributed by atoms with E-state index in [1.807, 2.05) is 24.3 Å². The van der Waals surface area contributed by atoms with E-state index in [4.69, 9.17) is 14.3 Å². The molecule has 4 nitrogen and oxygen atoms in total. The summed E-state index contributed by atoms with van der Waals surface area (Å²) in [6, 6.07) is 7.95. The predicted molar refractivity (Wildman–Crippen MR) is 62.3 cm³/mol. The third kappa shape index (κ3) is 3.56. The lowest BCUT2D eigenvalue weighted by Crippen LogP contribution is -2.10. The molecule has 0 heterocycles. The smallest absolute Gasteiger partial charge is 0.108 e. The Labute approximate surface area is 95.8 Å². The number of benzene rings is 1. The van der Waals surface area contributed by atoms with Crippen LogP contribution < -0.4 is 5.48 Å². The van der Waals surface area contributed by atoms with Gasteiger partial charge in [-0.2, -0.15) is 0 Å². The third-order valence-electron chi connectivity index (χ3n) is 2.02. The van der Waals surface area contributed by atoms with Crippen LogP contribution in [0.5, 0.6) is 0 Å². The van der Waals surface area contributed by atoms with Gasteiger partial charge in [-0.15, -0.1) is 0 Å². The van der Waals surface area contributed by atoms with Crippen molar-refractivity contribution in [2.45, 2.75) is 6.61 Å². The second-order valence-electron chi connectivity index (χ2n) is 3.20. The summed E-state index contributed by atoms with van der Waals surface area (Å²) >= 11 is 0. The van der Waals surface area contributed by atoms with Gasteiger partial charge in [-0.3, -0.25) is 10.3 Å². The van der Waals surface area contributed by atoms with Gasteiger partial charge < -0.3 is 9.47 Å². The summed E-state index contributed by atoms with van der Waals surface area (Å²) in [7, 11) is 4.83. The van der Waals surface area contributed by atoms with Crippen LogP contribution in [0.15, 0.2) is 30.5 Å². The minimum Gasteiger partial charge on any atom is -0.502 e. The monoisotopic (exact) mass is 223 g/mol. The van der Waals surface area contributed by atoms with Crippen LogP contribution >= 0.6 is 0 Å². The molecule has 1 N–H and O–H groups in total. The molecule has 16 heavy (non-hydrogen) atoms. The summed E-state index contributed by atoms with van der Waals surface area (Å²) in [4.78, 5) is 4.87. The minimum atomic E-state index is 0.612. The average molecular weight is 223 g/mol. The van der Waals surface area contributed by atoms with Gasteiger partial charge in [-0.1, -0.05) is 24.3 Å². The van der Waals surface area contributed by atoms with Gasteiger partial charge in [0, 0.05) is 12.7 Å².